The van der Waals surface area contributed by atoms with E-state index in [1.807, 2.05) is 0 Å². The number of aromatic nitrogens is 3. The van der Waals surface area contributed by atoms with Gasteiger partial charge in [0.15, 0.2) is 11.3 Å². The molecule has 0 fully saturated rings. The topological polar surface area (TPSA) is 77.8 Å². The summed E-state index contributed by atoms with van der Waals surface area (Å²) >= 11 is 0. The average molecular weight is 450 g/mol. The van der Waals surface area contributed by atoms with Crippen LogP contribution in [-0.4, -0.2) is 34.7 Å². The van der Waals surface area contributed by atoms with Crippen molar-refractivity contribution >= 4 is 11.6 Å². The molecule has 0 radical (unpaired) electrons. The zero-order chi connectivity index (χ0) is 23.8. The van der Waals surface area contributed by atoms with Gasteiger partial charge in [-0.3, -0.25) is 4.79 Å². The highest BCUT2D eigenvalue weighted by Crippen LogP contribution is 2.33. The molecule has 32 heavy (non-hydrogen) atoms. The number of fused-ring (bicyclic) bond motifs is 1. The Hall–Kier alpha value is -3.30. The van der Waals surface area contributed by atoms with Crippen LogP contribution in [0.15, 0.2) is 30.3 Å². The molecule has 1 aromatic carbocycles. The number of hydrogen-bond acceptors (Lipinski definition) is 5. The molecular formula is C22H25F3N4O3. The van der Waals surface area contributed by atoms with Crippen molar-refractivity contribution in [1.82, 2.24) is 19.9 Å². The predicted molar refractivity (Wildman–Crippen MR) is 112 cm³/mol. The second-order valence-corrected chi connectivity index (χ2v) is 8.38. The van der Waals surface area contributed by atoms with Crippen molar-refractivity contribution in [3.05, 3.63) is 53.0 Å². The Balaban J connectivity index is 1.99. The molecule has 1 N–H and O–H groups in total. The summed E-state index contributed by atoms with van der Waals surface area (Å²) in [5.41, 5.74) is -0.948. The van der Waals surface area contributed by atoms with Crippen molar-refractivity contribution in [2.24, 2.45) is 0 Å². The van der Waals surface area contributed by atoms with Crippen molar-refractivity contribution in [2.75, 3.05) is 14.2 Å². The Labute approximate surface area is 183 Å². The van der Waals surface area contributed by atoms with Crippen LogP contribution in [0, 0.1) is 0 Å². The molecule has 1 atom stereocenters. The molecule has 0 saturated carbocycles. The maximum Gasteiger partial charge on any atom is 0.433 e. The fourth-order valence-electron chi connectivity index (χ4n) is 3.20. The molecular weight excluding hydrogens is 425 g/mol. The molecule has 2 heterocycles. The molecule has 1 unspecified atom stereocenters. The van der Waals surface area contributed by atoms with Gasteiger partial charge in [0.05, 0.1) is 26.0 Å². The molecule has 0 aliphatic heterocycles. The summed E-state index contributed by atoms with van der Waals surface area (Å²) in [5, 5.41) is 6.63. The van der Waals surface area contributed by atoms with E-state index in [9.17, 15) is 18.0 Å². The summed E-state index contributed by atoms with van der Waals surface area (Å²) in [4.78, 5) is 17.1. The Bertz CT molecular complexity index is 1150. The van der Waals surface area contributed by atoms with Gasteiger partial charge in [0.2, 0.25) is 0 Å². The minimum atomic E-state index is -4.66. The third-order valence-electron chi connectivity index (χ3n) is 4.97. The molecule has 0 bridgehead atoms. The predicted octanol–water partition coefficient (Wildman–Crippen LogP) is 4.55. The zero-order valence-electron chi connectivity index (χ0n) is 18.7. The van der Waals surface area contributed by atoms with Crippen LogP contribution < -0.4 is 14.8 Å². The van der Waals surface area contributed by atoms with Gasteiger partial charge >= 0.3 is 6.18 Å². The van der Waals surface area contributed by atoms with Gasteiger partial charge in [0.1, 0.15) is 17.2 Å². The third kappa shape index (κ3) is 4.63. The van der Waals surface area contributed by atoms with E-state index >= 15 is 0 Å². The molecule has 2 aromatic heterocycles. The number of nitrogens with zero attached hydrogens (tertiary/aromatic N) is 3. The smallest absolute Gasteiger partial charge is 0.433 e. The van der Waals surface area contributed by atoms with E-state index in [2.05, 4.69) is 15.4 Å². The first kappa shape index (κ1) is 23.4. The number of hydrogen-bond donors (Lipinski definition) is 1. The molecule has 0 aliphatic carbocycles. The van der Waals surface area contributed by atoms with Gasteiger partial charge in [-0.1, -0.05) is 20.8 Å². The normalized spacial score (nSPS) is 13.2. The maximum absolute atomic E-state index is 13.7. The van der Waals surface area contributed by atoms with Gasteiger partial charge in [-0.05, 0) is 31.2 Å². The number of carbonyl (C=O) groups is 1. The van der Waals surface area contributed by atoms with E-state index in [0.29, 0.717) is 21.6 Å². The highest BCUT2D eigenvalue weighted by Gasteiger charge is 2.36. The van der Waals surface area contributed by atoms with Crippen LogP contribution in [0.1, 0.15) is 61.2 Å². The summed E-state index contributed by atoms with van der Waals surface area (Å²) < 4.78 is 52.2. The van der Waals surface area contributed by atoms with Crippen LogP contribution in [0.5, 0.6) is 11.5 Å². The van der Waals surface area contributed by atoms with Crippen LogP contribution in [0.25, 0.3) is 5.65 Å². The van der Waals surface area contributed by atoms with E-state index in [4.69, 9.17) is 9.47 Å². The van der Waals surface area contributed by atoms with Crippen molar-refractivity contribution in [2.45, 2.75) is 45.3 Å². The van der Waals surface area contributed by atoms with Gasteiger partial charge in [-0.25, -0.2) is 9.50 Å². The fraction of sp³-hybridized carbons (Fsp3) is 0.409. The number of alkyl halides is 3. The van der Waals surface area contributed by atoms with Crippen LogP contribution >= 0.6 is 0 Å². The highest BCUT2D eigenvalue weighted by atomic mass is 19.4. The molecule has 0 spiro atoms. The first-order valence-electron chi connectivity index (χ1n) is 9.86. The number of halogens is 3. The van der Waals surface area contributed by atoms with Gasteiger partial charge in [-0.2, -0.15) is 18.3 Å². The average Bonchev–Trinajstić information content (AvgIpc) is 3.15. The minimum absolute atomic E-state index is 0.0542. The largest absolute Gasteiger partial charge is 0.497 e. The lowest BCUT2D eigenvalue weighted by molar-refractivity contribution is -0.142. The van der Waals surface area contributed by atoms with E-state index in [0.717, 1.165) is 6.07 Å². The monoisotopic (exact) mass is 450 g/mol. The second-order valence-electron chi connectivity index (χ2n) is 8.38. The minimum Gasteiger partial charge on any atom is -0.497 e. The summed E-state index contributed by atoms with van der Waals surface area (Å²) in [6.45, 7) is 7.01. The van der Waals surface area contributed by atoms with Crippen LogP contribution in [0.2, 0.25) is 0 Å². The quantitative estimate of drug-likeness (QED) is 0.617. The number of ether oxygens (including phenoxy) is 2. The first-order valence-corrected chi connectivity index (χ1v) is 9.86. The van der Waals surface area contributed by atoms with Gasteiger partial charge in [0.25, 0.3) is 5.91 Å². The highest BCUT2D eigenvalue weighted by molar-refractivity contribution is 5.93. The molecule has 0 aliphatic rings. The van der Waals surface area contributed by atoms with E-state index in [1.165, 1.54) is 20.3 Å². The first-order chi connectivity index (χ1) is 14.8. The van der Waals surface area contributed by atoms with E-state index < -0.39 is 29.2 Å². The Morgan fingerprint density at radius 1 is 1.09 bits per heavy atom. The zero-order valence-corrected chi connectivity index (χ0v) is 18.7. The van der Waals surface area contributed by atoms with Crippen LogP contribution in [0.4, 0.5) is 13.2 Å². The second kappa shape index (κ2) is 8.33. The van der Waals surface area contributed by atoms with Crippen LogP contribution in [0.3, 0.4) is 0 Å². The third-order valence-corrected chi connectivity index (χ3v) is 4.97. The molecule has 3 rings (SSSR count). The lowest BCUT2D eigenvalue weighted by Gasteiger charge is -2.19. The number of carbonyl (C=O) groups excluding carboxylic acids is 1. The van der Waals surface area contributed by atoms with Gasteiger partial charge in [-0.15, -0.1) is 0 Å². The maximum atomic E-state index is 13.7. The van der Waals surface area contributed by atoms with Gasteiger partial charge < -0.3 is 14.8 Å². The van der Waals surface area contributed by atoms with Crippen molar-refractivity contribution in [3.8, 4) is 11.5 Å². The fourth-order valence-corrected chi connectivity index (χ4v) is 3.20. The molecule has 0 saturated heterocycles. The molecule has 10 heteroatoms. The van der Waals surface area contributed by atoms with E-state index in [-0.39, 0.29) is 17.0 Å². The lowest BCUT2D eigenvalue weighted by Crippen LogP contribution is -2.27. The standard InChI is InChI=1S/C22H25F3N4O3/c1-12(14-9-13(31-5)7-8-16(14)32-6)26-20(30)15-10-19-27-17(21(2,3)4)11-18(22(23,24)25)29(19)28-15/h7-12H,1-6H3,(H,26,30). The number of rotatable bonds is 5. The van der Waals surface area contributed by atoms with Crippen molar-refractivity contribution in [1.29, 1.82) is 0 Å². The molecule has 3 aromatic rings. The summed E-state index contributed by atoms with van der Waals surface area (Å²) in [6.07, 6.45) is -4.66. The molecule has 7 nitrogen and oxygen atoms in total. The summed E-state index contributed by atoms with van der Waals surface area (Å²) in [5.74, 6) is 0.464. The number of nitrogens with one attached hydrogen (secondary N) is 1. The number of benzene rings is 1. The summed E-state index contributed by atoms with van der Waals surface area (Å²) in [7, 11) is 3.02. The van der Waals surface area contributed by atoms with Crippen LogP contribution in [-0.2, 0) is 11.6 Å². The van der Waals surface area contributed by atoms with Crippen molar-refractivity contribution < 1.29 is 27.4 Å². The van der Waals surface area contributed by atoms with Gasteiger partial charge in [0, 0.05) is 17.0 Å². The lowest BCUT2D eigenvalue weighted by atomic mass is 9.91. The summed E-state index contributed by atoms with van der Waals surface area (Å²) in [6, 6.07) is 6.82. The molecule has 1 amide bonds. The molecule has 172 valence electrons. The Morgan fingerprint density at radius 3 is 2.34 bits per heavy atom. The number of amides is 1. The SMILES string of the molecule is COc1ccc(OC)c(C(C)NC(=O)c2cc3nc(C(C)(C)C)cc(C(F)(F)F)n3n2)c1. The van der Waals surface area contributed by atoms with E-state index in [1.54, 1.807) is 45.9 Å². The Kier molecular flexibility index (Phi) is 6.08. The Morgan fingerprint density at radius 2 is 1.78 bits per heavy atom. The van der Waals surface area contributed by atoms with Crippen molar-refractivity contribution in [3.63, 3.8) is 0 Å². The number of methoxy groups -OCH3 is 2.